The lowest BCUT2D eigenvalue weighted by Gasteiger charge is -2.07. The fourth-order valence-electron chi connectivity index (χ4n) is 1.23. The van der Waals surface area contributed by atoms with E-state index in [0.717, 1.165) is 0 Å². The molecule has 0 saturated heterocycles. The molecular formula is C11H14ClNO3. The third-order valence-corrected chi connectivity index (χ3v) is 2.19. The van der Waals surface area contributed by atoms with Crippen LogP contribution in [0.1, 0.15) is 19.4 Å². The number of benzene rings is 1. The molecule has 0 atom stereocenters. The Bertz CT molecular complexity index is 379. The fraction of sp³-hybridized carbons (Fsp3) is 0.455. The molecule has 0 heterocycles. The molecule has 16 heavy (non-hydrogen) atoms. The van der Waals surface area contributed by atoms with E-state index in [2.05, 4.69) is 0 Å². The Morgan fingerprint density at radius 3 is 2.75 bits per heavy atom. The maximum atomic E-state index is 10.8. The average Bonchev–Trinajstić information content (AvgIpc) is 2.19. The molecule has 0 aliphatic heterocycles. The number of nitrogens with zero attached hydrogens (tertiary/aromatic N) is 1. The Hall–Kier alpha value is -1.13. The van der Waals surface area contributed by atoms with Crippen molar-refractivity contribution in [2.24, 2.45) is 5.92 Å². The first-order chi connectivity index (χ1) is 7.50. The maximum absolute atomic E-state index is 10.8. The van der Waals surface area contributed by atoms with Gasteiger partial charge < -0.3 is 4.74 Å². The van der Waals surface area contributed by atoms with Crippen LogP contribution in [0, 0.1) is 16.0 Å². The molecule has 0 aliphatic rings. The van der Waals surface area contributed by atoms with E-state index in [1.807, 2.05) is 13.8 Å². The van der Waals surface area contributed by atoms with E-state index in [1.165, 1.54) is 6.07 Å². The third-order valence-electron chi connectivity index (χ3n) is 1.95. The van der Waals surface area contributed by atoms with E-state index in [9.17, 15) is 10.1 Å². The van der Waals surface area contributed by atoms with Crippen LogP contribution >= 0.6 is 11.6 Å². The first-order valence-electron chi connectivity index (χ1n) is 5.01. The summed E-state index contributed by atoms with van der Waals surface area (Å²) in [7, 11) is 0. The SMILES string of the molecule is CC(C)COCc1ccc(Cl)cc1[N+](=O)[O-]. The van der Waals surface area contributed by atoms with E-state index >= 15 is 0 Å². The molecule has 0 aliphatic carbocycles. The Balaban J connectivity index is 2.75. The Morgan fingerprint density at radius 1 is 1.50 bits per heavy atom. The van der Waals surface area contributed by atoms with E-state index in [1.54, 1.807) is 12.1 Å². The Kier molecular flexibility index (Phi) is 4.71. The summed E-state index contributed by atoms with van der Waals surface area (Å²) in [5, 5.41) is 11.1. The van der Waals surface area contributed by atoms with Gasteiger partial charge in [0.05, 0.1) is 17.1 Å². The molecule has 1 aromatic carbocycles. The number of ether oxygens (including phenoxy) is 1. The maximum Gasteiger partial charge on any atom is 0.276 e. The lowest BCUT2D eigenvalue weighted by atomic mass is 10.2. The summed E-state index contributed by atoms with van der Waals surface area (Å²) in [6.45, 7) is 4.87. The van der Waals surface area contributed by atoms with Gasteiger partial charge in [-0.25, -0.2) is 0 Å². The lowest BCUT2D eigenvalue weighted by Crippen LogP contribution is -2.03. The van der Waals surface area contributed by atoms with Gasteiger partial charge in [0.15, 0.2) is 0 Å². The first kappa shape index (κ1) is 12.9. The van der Waals surface area contributed by atoms with Crippen molar-refractivity contribution in [1.29, 1.82) is 0 Å². The number of nitro groups is 1. The zero-order chi connectivity index (χ0) is 12.1. The molecule has 4 nitrogen and oxygen atoms in total. The van der Waals surface area contributed by atoms with Crippen molar-refractivity contribution in [3.8, 4) is 0 Å². The van der Waals surface area contributed by atoms with Gasteiger partial charge in [-0.3, -0.25) is 10.1 Å². The van der Waals surface area contributed by atoms with Gasteiger partial charge in [0, 0.05) is 17.7 Å². The van der Waals surface area contributed by atoms with Crippen molar-refractivity contribution in [3.05, 3.63) is 38.9 Å². The number of nitro benzene ring substituents is 1. The summed E-state index contributed by atoms with van der Waals surface area (Å²) in [5.74, 6) is 0.409. The fourth-order valence-corrected chi connectivity index (χ4v) is 1.40. The first-order valence-corrected chi connectivity index (χ1v) is 5.39. The minimum Gasteiger partial charge on any atom is -0.376 e. The van der Waals surface area contributed by atoms with Crippen LogP contribution in [0.3, 0.4) is 0 Å². The van der Waals surface area contributed by atoms with Gasteiger partial charge in [-0.2, -0.15) is 0 Å². The van der Waals surface area contributed by atoms with Crippen LogP contribution in [0.4, 0.5) is 5.69 Å². The Labute approximate surface area is 99.3 Å². The van der Waals surface area contributed by atoms with Crippen molar-refractivity contribution in [3.63, 3.8) is 0 Å². The molecule has 0 unspecified atom stereocenters. The van der Waals surface area contributed by atoms with Gasteiger partial charge in [0.2, 0.25) is 0 Å². The van der Waals surface area contributed by atoms with Crippen molar-refractivity contribution in [1.82, 2.24) is 0 Å². The van der Waals surface area contributed by atoms with E-state index in [4.69, 9.17) is 16.3 Å². The second kappa shape index (κ2) is 5.82. The van der Waals surface area contributed by atoms with Gasteiger partial charge in [-0.05, 0) is 18.1 Å². The largest absolute Gasteiger partial charge is 0.376 e. The van der Waals surface area contributed by atoms with E-state index < -0.39 is 4.92 Å². The molecule has 0 bridgehead atoms. The smallest absolute Gasteiger partial charge is 0.276 e. The Morgan fingerprint density at radius 2 is 2.19 bits per heavy atom. The second-order valence-electron chi connectivity index (χ2n) is 3.94. The molecule has 5 heteroatoms. The summed E-state index contributed by atoms with van der Waals surface area (Å²) < 4.78 is 5.36. The van der Waals surface area contributed by atoms with Gasteiger partial charge in [0.25, 0.3) is 5.69 Å². The van der Waals surface area contributed by atoms with Crippen molar-refractivity contribution in [2.45, 2.75) is 20.5 Å². The highest BCUT2D eigenvalue weighted by Crippen LogP contribution is 2.23. The lowest BCUT2D eigenvalue weighted by molar-refractivity contribution is -0.385. The zero-order valence-corrected chi connectivity index (χ0v) is 10.0. The summed E-state index contributed by atoms with van der Waals surface area (Å²) >= 11 is 5.70. The molecule has 0 spiro atoms. The topological polar surface area (TPSA) is 52.4 Å². The number of hydrogen-bond acceptors (Lipinski definition) is 3. The summed E-state index contributed by atoms with van der Waals surface area (Å²) in [5.41, 5.74) is 0.561. The number of halogens is 1. The average molecular weight is 244 g/mol. The van der Waals surface area contributed by atoms with Gasteiger partial charge in [-0.15, -0.1) is 0 Å². The molecule has 0 amide bonds. The quantitative estimate of drug-likeness (QED) is 0.588. The molecule has 0 N–H and O–H groups in total. The molecule has 1 aromatic rings. The third kappa shape index (κ3) is 3.79. The highest BCUT2D eigenvalue weighted by Gasteiger charge is 2.14. The molecule has 0 fully saturated rings. The standard InChI is InChI=1S/C11H14ClNO3/c1-8(2)6-16-7-9-3-4-10(12)5-11(9)13(14)15/h3-5,8H,6-7H2,1-2H3. The normalized spacial score (nSPS) is 10.8. The van der Waals surface area contributed by atoms with Crippen LogP contribution < -0.4 is 0 Å². The van der Waals surface area contributed by atoms with Crippen LogP contribution in [-0.2, 0) is 11.3 Å². The number of rotatable bonds is 5. The van der Waals surface area contributed by atoms with Crippen molar-refractivity contribution >= 4 is 17.3 Å². The van der Waals surface area contributed by atoms with E-state index in [0.29, 0.717) is 23.1 Å². The number of hydrogen-bond donors (Lipinski definition) is 0. The summed E-state index contributed by atoms with van der Waals surface area (Å²) in [4.78, 5) is 10.3. The predicted octanol–water partition coefficient (Wildman–Crippen LogP) is 3.42. The molecule has 0 saturated carbocycles. The monoisotopic (exact) mass is 243 g/mol. The van der Waals surface area contributed by atoms with Gasteiger partial charge in [-0.1, -0.05) is 25.4 Å². The minimum absolute atomic E-state index is 0.0104. The van der Waals surface area contributed by atoms with Gasteiger partial charge in [0.1, 0.15) is 0 Å². The van der Waals surface area contributed by atoms with Crippen LogP contribution in [0.5, 0.6) is 0 Å². The molecule has 1 rings (SSSR count). The minimum atomic E-state index is -0.444. The second-order valence-corrected chi connectivity index (χ2v) is 4.38. The molecule has 0 radical (unpaired) electrons. The predicted molar refractivity (Wildman–Crippen MR) is 62.6 cm³/mol. The van der Waals surface area contributed by atoms with Crippen LogP contribution in [-0.4, -0.2) is 11.5 Å². The zero-order valence-electron chi connectivity index (χ0n) is 9.27. The molecule has 88 valence electrons. The van der Waals surface area contributed by atoms with Crippen molar-refractivity contribution in [2.75, 3.05) is 6.61 Å². The van der Waals surface area contributed by atoms with Crippen LogP contribution in [0.25, 0.3) is 0 Å². The summed E-state index contributed by atoms with van der Waals surface area (Å²) in [6.07, 6.45) is 0. The van der Waals surface area contributed by atoms with Crippen molar-refractivity contribution < 1.29 is 9.66 Å². The van der Waals surface area contributed by atoms with Crippen LogP contribution in [0.15, 0.2) is 18.2 Å². The van der Waals surface area contributed by atoms with Crippen LogP contribution in [0.2, 0.25) is 5.02 Å². The highest BCUT2D eigenvalue weighted by atomic mass is 35.5. The van der Waals surface area contributed by atoms with E-state index in [-0.39, 0.29) is 12.3 Å². The highest BCUT2D eigenvalue weighted by molar-refractivity contribution is 6.30. The summed E-state index contributed by atoms with van der Waals surface area (Å²) in [6, 6.07) is 4.60. The molecular weight excluding hydrogens is 230 g/mol. The molecule has 0 aromatic heterocycles. The van der Waals surface area contributed by atoms with Gasteiger partial charge >= 0.3 is 0 Å².